The second-order valence-electron chi connectivity index (χ2n) is 6.50. The molecule has 0 fully saturated rings. The lowest BCUT2D eigenvalue weighted by Crippen LogP contribution is -2.35. The minimum Gasteiger partial charge on any atom is -0.459 e. The normalized spacial score (nSPS) is 13.0. The number of imide groups is 1. The van der Waals surface area contributed by atoms with Gasteiger partial charge in [0.05, 0.1) is 22.5 Å². The molecule has 7 nitrogen and oxygen atoms in total. The number of hydrogen-bond acceptors (Lipinski definition) is 5. The van der Waals surface area contributed by atoms with Crippen LogP contribution in [0.5, 0.6) is 0 Å². The van der Waals surface area contributed by atoms with E-state index in [9.17, 15) is 14.4 Å². The summed E-state index contributed by atoms with van der Waals surface area (Å²) in [7, 11) is 0. The lowest BCUT2D eigenvalue weighted by molar-refractivity contribution is -0.145. The van der Waals surface area contributed by atoms with E-state index in [1.807, 2.05) is 30.3 Å². The second kappa shape index (κ2) is 7.52. The summed E-state index contributed by atoms with van der Waals surface area (Å²) in [4.78, 5) is 37.9. The Bertz CT molecular complexity index is 1090. The van der Waals surface area contributed by atoms with Crippen LogP contribution in [0.4, 0.5) is 0 Å². The van der Waals surface area contributed by atoms with Gasteiger partial charge in [0.1, 0.15) is 18.3 Å². The number of rotatable bonds is 5. The van der Waals surface area contributed by atoms with Crippen molar-refractivity contribution in [2.24, 2.45) is 0 Å². The molecule has 1 aromatic heterocycles. The Hall–Kier alpha value is -3.45. The van der Waals surface area contributed by atoms with Gasteiger partial charge in [-0.15, -0.1) is 0 Å². The highest BCUT2D eigenvalue weighted by atomic mass is 35.5. The maximum atomic E-state index is 12.3. The molecule has 0 unspecified atom stereocenters. The van der Waals surface area contributed by atoms with Crippen molar-refractivity contribution in [2.75, 3.05) is 6.54 Å². The Labute approximate surface area is 171 Å². The molecule has 29 heavy (non-hydrogen) atoms. The number of halogens is 1. The van der Waals surface area contributed by atoms with Gasteiger partial charge in [0, 0.05) is 5.56 Å². The minimum absolute atomic E-state index is 0.112. The van der Waals surface area contributed by atoms with Gasteiger partial charge in [-0.25, -0.2) is 4.68 Å². The Morgan fingerprint density at radius 3 is 2.21 bits per heavy atom. The summed E-state index contributed by atoms with van der Waals surface area (Å²) in [5.41, 5.74) is 2.53. The molecule has 0 bridgehead atoms. The van der Waals surface area contributed by atoms with Crippen LogP contribution in [0.1, 0.15) is 32.0 Å². The Morgan fingerprint density at radius 2 is 1.59 bits per heavy atom. The fourth-order valence-corrected chi connectivity index (χ4v) is 3.47. The SMILES string of the molecule is Cc1nn(-c2ccccc2)c(Cl)c1COC(=O)CN1C(=O)c2ccccc2C1=O. The van der Waals surface area contributed by atoms with Crippen molar-refractivity contribution < 1.29 is 19.1 Å². The molecule has 2 amide bonds. The van der Waals surface area contributed by atoms with Crippen LogP contribution in [0, 0.1) is 6.92 Å². The molecule has 0 saturated carbocycles. The first-order valence-electron chi connectivity index (χ1n) is 8.87. The summed E-state index contributed by atoms with van der Waals surface area (Å²) < 4.78 is 6.83. The summed E-state index contributed by atoms with van der Waals surface area (Å²) >= 11 is 6.42. The fourth-order valence-electron chi connectivity index (χ4n) is 3.15. The van der Waals surface area contributed by atoms with Crippen LogP contribution in [0.3, 0.4) is 0 Å². The zero-order chi connectivity index (χ0) is 20.5. The molecule has 146 valence electrons. The molecule has 1 aliphatic heterocycles. The number of ether oxygens (including phenoxy) is 1. The highest BCUT2D eigenvalue weighted by Gasteiger charge is 2.36. The quantitative estimate of drug-likeness (QED) is 0.477. The smallest absolute Gasteiger partial charge is 0.326 e. The van der Waals surface area contributed by atoms with Gasteiger partial charge >= 0.3 is 5.97 Å². The summed E-state index contributed by atoms with van der Waals surface area (Å²) in [5.74, 6) is -1.72. The van der Waals surface area contributed by atoms with Gasteiger partial charge in [0.25, 0.3) is 11.8 Å². The van der Waals surface area contributed by atoms with Gasteiger partial charge in [-0.05, 0) is 31.2 Å². The number of carbonyl (C=O) groups is 3. The van der Waals surface area contributed by atoms with E-state index in [1.54, 1.807) is 35.9 Å². The fraction of sp³-hybridized carbons (Fsp3) is 0.143. The van der Waals surface area contributed by atoms with Crippen molar-refractivity contribution in [3.63, 3.8) is 0 Å². The zero-order valence-corrected chi connectivity index (χ0v) is 16.2. The van der Waals surface area contributed by atoms with E-state index in [0.29, 0.717) is 16.4 Å². The molecule has 0 radical (unpaired) electrons. The standard InChI is InChI=1S/C21H16ClN3O4/c1-13-17(19(22)25(23-13)14-7-3-2-4-8-14)12-29-18(26)11-24-20(27)15-9-5-6-10-16(15)21(24)28/h2-10H,11-12H2,1H3. The predicted molar refractivity (Wildman–Crippen MR) is 105 cm³/mol. The van der Waals surface area contributed by atoms with E-state index >= 15 is 0 Å². The minimum atomic E-state index is -0.706. The average Bonchev–Trinajstić information content (AvgIpc) is 3.15. The third-order valence-electron chi connectivity index (χ3n) is 4.67. The second-order valence-corrected chi connectivity index (χ2v) is 6.86. The first-order valence-corrected chi connectivity index (χ1v) is 9.25. The highest BCUT2D eigenvalue weighted by molar-refractivity contribution is 6.30. The largest absolute Gasteiger partial charge is 0.459 e. The molecule has 0 N–H and O–H groups in total. The summed E-state index contributed by atoms with van der Waals surface area (Å²) in [5, 5.41) is 4.72. The van der Waals surface area contributed by atoms with Crippen molar-refractivity contribution in [1.29, 1.82) is 0 Å². The van der Waals surface area contributed by atoms with Crippen LogP contribution < -0.4 is 0 Å². The molecule has 3 aromatic rings. The molecular weight excluding hydrogens is 394 g/mol. The van der Waals surface area contributed by atoms with Gasteiger partial charge in [0.2, 0.25) is 0 Å². The first-order chi connectivity index (χ1) is 14.0. The molecule has 2 heterocycles. The third kappa shape index (κ3) is 3.40. The first kappa shape index (κ1) is 18.9. The lowest BCUT2D eigenvalue weighted by atomic mass is 10.1. The number of carbonyl (C=O) groups excluding carboxylic acids is 3. The topological polar surface area (TPSA) is 81.5 Å². The monoisotopic (exact) mass is 409 g/mol. The molecule has 0 spiro atoms. The molecule has 0 atom stereocenters. The lowest BCUT2D eigenvalue weighted by Gasteiger charge is -2.13. The third-order valence-corrected chi connectivity index (χ3v) is 5.05. The highest BCUT2D eigenvalue weighted by Crippen LogP contribution is 2.25. The average molecular weight is 410 g/mol. The van der Waals surface area contributed by atoms with Crippen LogP contribution in [0.25, 0.3) is 5.69 Å². The van der Waals surface area contributed by atoms with E-state index in [-0.39, 0.29) is 17.7 Å². The van der Waals surface area contributed by atoms with E-state index in [1.165, 1.54) is 0 Å². The number of aryl methyl sites for hydroxylation is 1. The number of aromatic nitrogens is 2. The van der Waals surface area contributed by atoms with E-state index in [4.69, 9.17) is 16.3 Å². The van der Waals surface area contributed by atoms with Crippen LogP contribution in [-0.4, -0.2) is 39.0 Å². The van der Waals surface area contributed by atoms with Crippen molar-refractivity contribution in [3.8, 4) is 5.69 Å². The van der Waals surface area contributed by atoms with Crippen LogP contribution >= 0.6 is 11.6 Å². The molecule has 8 heteroatoms. The predicted octanol–water partition coefficient (Wildman–Crippen LogP) is 3.17. The van der Waals surface area contributed by atoms with Gasteiger partial charge in [0.15, 0.2) is 0 Å². The van der Waals surface area contributed by atoms with E-state index < -0.39 is 24.3 Å². The molecule has 1 aliphatic rings. The van der Waals surface area contributed by atoms with Crippen molar-refractivity contribution in [1.82, 2.24) is 14.7 Å². The number of fused-ring (bicyclic) bond motifs is 1. The van der Waals surface area contributed by atoms with Crippen LogP contribution in [0.2, 0.25) is 5.15 Å². The zero-order valence-electron chi connectivity index (χ0n) is 15.5. The number of esters is 1. The van der Waals surface area contributed by atoms with Crippen molar-refractivity contribution in [3.05, 3.63) is 82.1 Å². The van der Waals surface area contributed by atoms with Crippen LogP contribution in [-0.2, 0) is 16.1 Å². The Balaban J connectivity index is 1.44. The number of hydrogen-bond donors (Lipinski definition) is 0. The molecule has 4 rings (SSSR count). The Kier molecular flexibility index (Phi) is 4.90. The molecule has 0 aliphatic carbocycles. The molecular formula is C21H16ClN3O4. The summed E-state index contributed by atoms with van der Waals surface area (Å²) in [6.07, 6.45) is 0. The van der Waals surface area contributed by atoms with Crippen molar-refractivity contribution >= 4 is 29.4 Å². The number of para-hydroxylation sites is 1. The summed E-state index contributed by atoms with van der Waals surface area (Å²) in [6.45, 7) is 1.19. The van der Waals surface area contributed by atoms with Gasteiger partial charge < -0.3 is 4.74 Å². The molecule has 2 aromatic carbocycles. The Morgan fingerprint density at radius 1 is 1.00 bits per heavy atom. The van der Waals surface area contributed by atoms with Gasteiger partial charge in [-0.2, -0.15) is 5.10 Å². The molecule has 0 saturated heterocycles. The van der Waals surface area contributed by atoms with E-state index in [0.717, 1.165) is 10.6 Å². The maximum absolute atomic E-state index is 12.3. The van der Waals surface area contributed by atoms with Gasteiger partial charge in [-0.3, -0.25) is 19.3 Å². The maximum Gasteiger partial charge on any atom is 0.326 e. The van der Waals surface area contributed by atoms with Gasteiger partial charge in [-0.1, -0.05) is 41.9 Å². The summed E-state index contributed by atoms with van der Waals surface area (Å²) in [6, 6.07) is 15.8. The van der Waals surface area contributed by atoms with Crippen molar-refractivity contribution in [2.45, 2.75) is 13.5 Å². The van der Waals surface area contributed by atoms with E-state index in [2.05, 4.69) is 5.10 Å². The number of amides is 2. The van der Waals surface area contributed by atoms with Crippen LogP contribution in [0.15, 0.2) is 54.6 Å². The number of nitrogens with zero attached hydrogens (tertiary/aromatic N) is 3. The number of benzene rings is 2.